The summed E-state index contributed by atoms with van der Waals surface area (Å²) in [5.74, 6) is -0.898. The van der Waals surface area contributed by atoms with Crippen molar-refractivity contribution in [2.75, 3.05) is 6.54 Å². The molecule has 78 valence electrons. The molecule has 4 nitrogen and oxygen atoms in total. The Kier molecular flexibility index (Phi) is 8.70. The second kappa shape index (κ2) is 9.68. The lowest BCUT2D eigenvalue weighted by Crippen LogP contribution is -1.86. The van der Waals surface area contributed by atoms with Gasteiger partial charge in [-0.05, 0) is 19.3 Å². The predicted octanol–water partition coefficient (Wildman–Crippen LogP) is 1.91. The monoisotopic (exact) mass is 197 g/mol. The number of hydrogen-bond acceptors (Lipinski definition) is 3. The molecule has 0 atom stereocenters. The molecule has 0 radical (unpaired) electrons. The van der Waals surface area contributed by atoms with E-state index in [9.17, 15) is 9.59 Å². The van der Waals surface area contributed by atoms with Crippen molar-refractivity contribution in [1.29, 1.82) is 0 Å². The Hall–Kier alpha value is -1.41. The van der Waals surface area contributed by atoms with E-state index >= 15 is 0 Å². The third-order valence-electron chi connectivity index (χ3n) is 1.72. The zero-order valence-corrected chi connectivity index (χ0v) is 8.11. The first kappa shape index (κ1) is 12.6. The average molecular weight is 197 g/mol. The van der Waals surface area contributed by atoms with Crippen molar-refractivity contribution in [3.8, 4) is 0 Å². The molecule has 0 aromatic heterocycles. The average Bonchev–Trinajstić information content (AvgIpc) is 2.15. The smallest absolute Gasteiger partial charge is 0.327 e. The van der Waals surface area contributed by atoms with Gasteiger partial charge in [-0.25, -0.2) is 14.6 Å². The van der Waals surface area contributed by atoms with Gasteiger partial charge in [-0.1, -0.05) is 18.9 Å². The van der Waals surface area contributed by atoms with Crippen LogP contribution in [-0.4, -0.2) is 23.7 Å². The molecular weight excluding hydrogens is 182 g/mol. The highest BCUT2D eigenvalue weighted by Gasteiger charge is 1.89. The minimum atomic E-state index is -0.898. The fourth-order valence-electron chi connectivity index (χ4n) is 1.04. The number of aliphatic imine (C=N–C) groups is 1. The van der Waals surface area contributed by atoms with Gasteiger partial charge in [0, 0.05) is 6.08 Å². The van der Waals surface area contributed by atoms with Crippen molar-refractivity contribution in [2.45, 2.75) is 32.1 Å². The minimum absolute atomic E-state index is 0.550. The van der Waals surface area contributed by atoms with E-state index < -0.39 is 5.97 Å². The van der Waals surface area contributed by atoms with Crippen molar-refractivity contribution < 1.29 is 14.7 Å². The second-order valence-electron chi connectivity index (χ2n) is 2.92. The number of isocyanates is 1. The predicted molar refractivity (Wildman–Crippen MR) is 52.8 cm³/mol. The van der Waals surface area contributed by atoms with Crippen LogP contribution in [-0.2, 0) is 9.59 Å². The summed E-state index contributed by atoms with van der Waals surface area (Å²) in [6.45, 7) is 0.550. The summed E-state index contributed by atoms with van der Waals surface area (Å²) in [6.07, 6.45) is 9.05. The Bertz CT molecular complexity index is 230. The zero-order valence-electron chi connectivity index (χ0n) is 8.11. The number of rotatable bonds is 8. The van der Waals surface area contributed by atoms with Gasteiger partial charge in [-0.2, -0.15) is 0 Å². The SMILES string of the molecule is O=C=NCCCCCCC=CC(=O)O. The van der Waals surface area contributed by atoms with Crippen molar-refractivity contribution in [1.82, 2.24) is 0 Å². The molecule has 0 amide bonds. The van der Waals surface area contributed by atoms with E-state index in [4.69, 9.17) is 5.11 Å². The maximum absolute atomic E-state index is 10.1. The lowest BCUT2D eigenvalue weighted by atomic mass is 10.1. The van der Waals surface area contributed by atoms with Gasteiger partial charge < -0.3 is 5.11 Å². The summed E-state index contributed by atoms with van der Waals surface area (Å²) in [6, 6.07) is 0. The fourth-order valence-corrected chi connectivity index (χ4v) is 1.04. The molecule has 0 spiro atoms. The van der Waals surface area contributed by atoms with Gasteiger partial charge >= 0.3 is 5.97 Å². The zero-order chi connectivity index (χ0) is 10.6. The number of aliphatic carboxylic acids is 1. The number of unbranched alkanes of at least 4 members (excludes halogenated alkanes) is 4. The van der Waals surface area contributed by atoms with Gasteiger partial charge in [0.1, 0.15) is 0 Å². The molecule has 0 aromatic rings. The minimum Gasteiger partial charge on any atom is -0.478 e. The normalized spacial score (nSPS) is 10.0. The fraction of sp³-hybridized carbons (Fsp3) is 0.600. The van der Waals surface area contributed by atoms with Crippen LogP contribution in [0.25, 0.3) is 0 Å². The Morgan fingerprint density at radius 1 is 1.29 bits per heavy atom. The van der Waals surface area contributed by atoms with Crippen LogP contribution in [0.4, 0.5) is 0 Å². The Balaban J connectivity index is 3.13. The van der Waals surface area contributed by atoms with Gasteiger partial charge in [0.25, 0.3) is 0 Å². The summed E-state index contributed by atoms with van der Waals surface area (Å²) in [5.41, 5.74) is 0. The molecule has 0 fully saturated rings. The molecule has 0 aliphatic rings. The summed E-state index contributed by atoms with van der Waals surface area (Å²) in [7, 11) is 0. The molecule has 14 heavy (non-hydrogen) atoms. The number of carbonyl (C=O) groups excluding carboxylic acids is 1. The van der Waals surface area contributed by atoms with Crippen molar-refractivity contribution >= 4 is 12.0 Å². The van der Waals surface area contributed by atoms with Gasteiger partial charge in [-0.15, -0.1) is 0 Å². The molecule has 0 saturated heterocycles. The van der Waals surface area contributed by atoms with Gasteiger partial charge in [-0.3, -0.25) is 0 Å². The number of carboxylic acids is 1. The molecule has 0 heterocycles. The van der Waals surface area contributed by atoms with E-state index in [2.05, 4.69) is 4.99 Å². The number of hydrogen-bond donors (Lipinski definition) is 1. The Morgan fingerprint density at radius 3 is 2.64 bits per heavy atom. The van der Waals surface area contributed by atoms with Crippen molar-refractivity contribution in [3.05, 3.63) is 12.2 Å². The number of allylic oxidation sites excluding steroid dienone is 1. The standard InChI is InChI=1S/C10H15NO3/c12-9-11-8-6-4-2-1-3-5-7-10(13)14/h5,7H,1-4,6,8H2,(H,13,14). The van der Waals surface area contributed by atoms with Crippen LogP contribution in [0.5, 0.6) is 0 Å². The molecular formula is C10H15NO3. The van der Waals surface area contributed by atoms with E-state index in [1.165, 1.54) is 6.08 Å². The van der Waals surface area contributed by atoms with Crippen LogP contribution in [0.2, 0.25) is 0 Å². The quantitative estimate of drug-likeness (QED) is 0.280. The van der Waals surface area contributed by atoms with Crippen LogP contribution >= 0.6 is 0 Å². The van der Waals surface area contributed by atoms with Crippen molar-refractivity contribution in [3.63, 3.8) is 0 Å². The molecule has 4 heteroatoms. The lowest BCUT2D eigenvalue weighted by Gasteiger charge is -1.95. The third kappa shape index (κ3) is 10.6. The first-order valence-corrected chi connectivity index (χ1v) is 4.70. The lowest BCUT2D eigenvalue weighted by molar-refractivity contribution is -0.131. The second-order valence-corrected chi connectivity index (χ2v) is 2.92. The molecule has 0 bridgehead atoms. The number of carbonyl (C=O) groups is 1. The van der Waals surface area contributed by atoms with Crippen molar-refractivity contribution in [2.24, 2.45) is 4.99 Å². The van der Waals surface area contributed by atoms with Crippen LogP contribution < -0.4 is 0 Å². The maximum Gasteiger partial charge on any atom is 0.327 e. The van der Waals surface area contributed by atoms with Crippen LogP contribution in [0, 0.1) is 0 Å². The largest absolute Gasteiger partial charge is 0.478 e. The molecule has 0 unspecified atom stereocenters. The highest BCUT2D eigenvalue weighted by molar-refractivity contribution is 5.79. The Labute approximate surface area is 83.3 Å². The van der Waals surface area contributed by atoms with E-state index in [1.807, 2.05) is 0 Å². The molecule has 0 aliphatic heterocycles. The van der Waals surface area contributed by atoms with Crippen LogP contribution in [0.15, 0.2) is 17.1 Å². The molecule has 0 aliphatic carbocycles. The summed E-state index contributed by atoms with van der Waals surface area (Å²) < 4.78 is 0. The number of carboxylic acid groups (broad SMARTS) is 1. The third-order valence-corrected chi connectivity index (χ3v) is 1.72. The summed E-state index contributed by atoms with van der Waals surface area (Å²) in [5, 5.41) is 8.28. The van der Waals surface area contributed by atoms with E-state index in [0.717, 1.165) is 38.2 Å². The Morgan fingerprint density at radius 2 is 2.00 bits per heavy atom. The summed E-state index contributed by atoms with van der Waals surface area (Å²) in [4.78, 5) is 23.2. The molecule has 0 aromatic carbocycles. The maximum atomic E-state index is 10.1. The first-order valence-electron chi connectivity index (χ1n) is 4.70. The van der Waals surface area contributed by atoms with Gasteiger partial charge in [0.15, 0.2) is 0 Å². The highest BCUT2D eigenvalue weighted by Crippen LogP contribution is 2.03. The molecule has 0 rings (SSSR count). The van der Waals surface area contributed by atoms with Crippen LogP contribution in [0.3, 0.4) is 0 Å². The van der Waals surface area contributed by atoms with E-state index in [1.54, 1.807) is 6.08 Å². The van der Waals surface area contributed by atoms with E-state index in [0.29, 0.717) is 6.54 Å². The van der Waals surface area contributed by atoms with Gasteiger partial charge in [0.2, 0.25) is 6.08 Å². The highest BCUT2D eigenvalue weighted by atomic mass is 16.4. The van der Waals surface area contributed by atoms with E-state index in [-0.39, 0.29) is 0 Å². The summed E-state index contributed by atoms with van der Waals surface area (Å²) >= 11 is 0. The van der Waals surface area contributed by atoms with Gasteiger partial charge in [0.05, 0.1) is 6.54 Å². The first-order chi connectivity index (χ1) is 6.77. The number of nitrogens with zero attached hydrogens (tertiary/aromatic N) is 1. The van der Waals surface area contributed by atoms with Crippen LogP contribution in [0.1, 0.15) is 32.1 Å². The molecule has 1 N–H and O–H groups in total. The molecule has 0 saturated carbocycles. The topological polar surface area (TPSA) is 66.7 Å².